The Morgan fingerprint density at radius 1 is 1.17 bits per heavy atom. The number of benzene rings is 1. The Kier molecular flexibility index (Phi) is 5.75. The van der Waals surface area contributed by atoms with Crippen molar-refractivity contribution in [3.8, 4) is 11.5 Å². The number of Topliss-reactive ketones (excluding diaryl/α,β-unsaturated/α-hetero) is 1. The summed E-state index contributed by atoms with van der Waals surface area (Å²) >= 11 is 6.42. The number of nitrogens with zero attached hydrogens (tertiary/aromatic N) is 3. The SMILES string of the molecule is CC1(C)Cc2c(c(-c3ccco3)nc3sc4c(SCC(=O)c5ccc(Br)cc5)ncnc4c23)CO1. The number of carbonyl (C=O) groups is 1. The lowest BCUT2D eigenvalue weighted by Crippen LogP contribution is -2.32. The van der Waals surface area contributed by atoms with Gasteiger partial charge in [0.1, 0.15) is 21.9 Å². The van der Waals surface area contributed by atoms with E-state index < -0.39 is 0 Å². The van der Waals surface area contributed by atoms with E-state index in [1.54, 1.807) is 23.9 Å². The molecule has 0 fully saturated rings. The summed E-state index contributed by atoms with van der Waals surface area (Å²) in [6, 6.07) is 11.2. The van der Waals surface area contributed by atoms with Crippen LogP contribution in [0.4, 0.5) is 0 Å². The van der Waals surface area contributed by atoms with Crippen LogP contribution in [0.2, 0.25) is 0 Å². The summed E-state index contributed by atoms with van der Waals surface area (Å²) in [4.78, 5) is 27.9. The third-order valence-corrected chi connectivity index (χ3v) is 8.78. The lowest BCUT2D eigenvalue weighted by atomic mass is 9.89. The fourth-order valence-electron chi connectivity index (χ4n) is 4.36. The van der Waals surface area contributed by atoms with E-state index in [-0.39, 0.29) is 11.4 Å². The van der Waals surface area contributed by atoms with Crippen LogP contribution in [0.5, 0.6) is 0 Å². The minimum atomic E-state index is -0.294. The van der Waals surface area contributed by atoms with E-state index in [0.29, 0.717) is 17.9 Å². The van der Waals surface area contributed by atoms with Crippen molar-refractivity contribution in [2.45, 2.75) is 37.5 Å². The van der Waals surface area contributed by atoms with Gasteiger partial charge in [-0.25, -0.2) is 15.0 Å². The number of carbonyl (C=O) groups excluding carboxylic acids is 1. The minimum Gasteiger partial charge on any atom is -0.463 e. The van der Waals surface area contributed by atoms with E-state index in [0.717, 1.165) is 53.4 Å². The Labute approximate surface area is 218 Å². The summed E-state index contributed by atoms with van der Waals surface area (Å²) < 4.78 is 13.8. The van der Waals surface area contributed by atoms with Gasteiger partial charge < -0.3 is 9.15 Å². The van der Waals surface area contributed by atoms with Gasteiger partial charge in [-0.15, -0.1) is 11.3 Å². The molecule has 1 aliphatic rings. The summed E-state index contributed by atoms with van der Waals surface area (Å²) in [5.41, 5.74) is 4.33. The molecule has 0 unspecified atom stereocenters. The van der Waals surface area contributed by atoms with Crippen LogP contribution in [0.25, 0.3) is 31.9 Å². The van der Waals surface area contributed by atoms with Crippen molar-refractivity contribution in [2.75, 3.05) is 5.75 Å². The molecule has 4 aromatic heterocycles. The number of aromatic nitrogens is 3. The Balaban J connectivity index is 1.45. The van der Waals surface area contributed by atoms with Crippen LogP contribution >= 0.6 is 39.0 Å². The second kappa shape index (κ2) is 8.81. The first kappa shape index (κ1) is 22.8. The zero-order valence-corrected chi connectivity index (χ0v) is 22.2. The van der Waals surface area contributed by atoms with E-state index >= 15 is 0 Å². The Hall–Kier alpha value is -2.59. The number of hydrogen-bond donors (Lipinski definition) is 0. The monoisotopic (exact) mass is 565 g/mol. The molecular formula is C26H20BrN3O3S2. The fraction of sp³-hybridized carbons (Fsp3) is 0.231. The normalized spacial score (nSPS) is 14.9. The molecule has 0 saturated carbocycles. The lowest BCUT2D eigenvalue weighted by molar-refractivity contribution is -0.0395. The fourth-order valence-corrected chi connectivity index (χ4v) is 6.75. The van der Waals surface area contributed by atoms with Crippen LogP contribution in [0.3, 0.4) is 0 Å². The van der Waals surface area contributed by atoms with E-state index in [9.17, 15) is 4.79 Å². The molecule has 0 spiro atoms. The predicted octanol–water partition coefficient (Wildman–Crippen LogP) is 7.09. The van der Waals surface area contributed by atoms with Crippen molar-refractivity contribution < 1.29 is 13.9 Å². The highest BCUT2D eigenvalue weighted by Crippen LogP contribution is 2.44. The molecule has 1 aliphatic heterocycles. The van der Waals surface area contributed by atoms with Gasteiger partial charge >= 0.3 is 0 Å². The summed E-state index contributed by atoms with van der Waals surface area (Å²) in [7, 11) is 0. The number of halogens is 1. The number of thiophene rings is 1. The Morgan fingerprint density at radius 3 is 2.77 bits per heavy atom. The molecule has 35 heavy (non-hydrogen) atoms. The first-order chi connectivity index (χ1) is 16.9. The van der Waals surface area contributed by atoms with Crippen LogP contribution in [0, 0.1) is 0 Å². The maximum atomic E-state index is 12.8. The summed E-state index contributed by atoms with van der Waals surface area (Å²) in [5, 5.41) is 1.85. The molecule has 5 aromatic rings. The van der Waals surface area contributed by atoms with Crippen molar-refractivity contribution in [1.29, 1.82) is 0 Å². The number of rotatable bonds is 5. The lowest BCUT2D eigenvalue weighted by Gasteiger charge is -2.32. The Bertz CT molecular complexity index is 1580. The highest BCUT2D eigenvalue weighted by molar-refractivity contribution is 9.10. The van der Waals surface area contributed by atoms with E-state index in [4.69, 9.17) is 14.1 Å². The maximum Gasteiger partial charge on any atom is 0.173 e. The van der Waals surface area contributed by atoms with Crippen LogP contribution in [0.1, 0.15) is 35.3 Å². The highest BCUT2D eigenvalue weighted by Gasteiger charge is 2.32. The molecule has 0 saturated heterocycles. The quantitative estimate of drug-likeness (QED) is 0.128. The van der Waals surface area contributed by atoms with Crippen molar-refractivity contribution >= 4 is 65.2 Å². The van der Waals surface area contributed by atoms with Crippen molar-refractivity contribution in [2.24, 2.45) is 0 Å². The van der Waals surface area contributed by atoms with Crippen LogP contribution in [-0.4, -0.2) is 32.1 Å². The summed E-state index contributed by atoms with van der Waals surface area (Å²) in [6.07, 6.45) is 3.99. The topological polar surface area (TPSA) is 78.1 Å². The van der Waals surface area contributed by atoms with Crippen molar-refractivity contribution in [3.05, 3.63) is 70.2 Å². The largest absolute Gasteiger partial charge is 0.463 e. The smallest absolute Gasteiger partial charge is 0.173 e. The average molecular weight is 567 g/mol. The average Bonchev–Trinajstić information content (AvgIpc) is 3.50. The molecule has 0 aliphatic carbocycles. The van der Waals surface area contributed by atoms with Gasteiger partial charge in [-0.3, -0.25) is 4.79 Å². The first-order valence-corrected chi connectivity index (χ1v) is 13.7. The summed E-state index contributed by atoms with van der Waals surface area (Å²) in [5.74, 6) is 1.08. The van der Waals surface area contributed by atoms with E-state index in [2.05, 4.69) is 39.7 Å². The number of fused-ring (bicyclic) bond motifs is 5. The van der Waals surface area contributed by atoms with Gasteiger partial charge in [-0.05, 0) is 43.7 Å². The molecule has 176 valence electrons. The van der Waals surface area contributed by atoms with Gasteiger partial charge in [0, 0.05) is 27.4 Å². The number of thioether (sulfide) groups is 1. The molecular weight excluding hydrogens is 546 g/mol. The molecule has 0 atom stereocenters. The third kappa shape index (κ3) is 4.20. The molecule has 0 N–H and O–H groups in total. The van der Waals surface area contributed by atoms with Gasteiger partial charge in [0.15, 0.2) is 11.5 Å². The van der Waals surface area contributed by atoms with Crippen LogP contribution in [0.15, 0.2) is 62.9 Å². The highest BCUT2D eigenvalue weighted by atomic mass is 79.9. The van der Waals surface area contributed by atoms with Gasteiger partial charge in [0.25, 0.3) is 0 Å². The number of ketones is 1. The first-order valence-electron chi connectivity index (χ1n) is 11.1. The molecule has 9 heteroatoms. The van der Waals surface area contributed by atoms with Crippen molar-refractivity contribution in [1.82, 2.24) is 15.0 Å². The molecule has 6 nitrogen and oxygen atoms in total. The number of hydrogen-bond acceptors (Lipinski definition) is 8. The second-order valence-electron chi connectivity index (χ2n) is 8.98. The number of ether oxygens (including phenoxy) is 1. The zero-order valence-electron chi connectivity index (χ0n) is 19.0. The van der Waals surface area contributed by atoms with Gasteiger partial charge in [0.05, 0.1) is 34.4 Å². The molecule has 0 radical (unpaired) electrons. The number of pyridine rings is 1. The standard InChI is InChI=1S/C26H20BrN3O3S2/c1-26(2)10-16-17(11-33-26)21(19-4-3-9-32-19)30-24-20(16)22-23(35-24)25(29-13-28-22)34-12-18(31)14-5-7-15(27)8-6-14/h3-9,13H,10-12H2,1-2H3. The molecule has 6 rings (SSSR count). The zero-order chi connectivity index (χ0) is 24.2. The molecule has 5 heterocycles. The number of furan rings is 1. The van der Waals surface area contributed by atoms with Crippen LogP contribution in [-0.2, 0) is 17.8 Å². The van der Waals surface area contributed by atoms with E-state index in [1.807, 2.05) is 36.4 Å². The van der Waals surface area contributed by atoms with Gasteiger partial charge in [0.2, 0.25) is 0 Å². The summed E-state index contributed by atoms with van der Waals surface area (Å²) in [6.45, 7) is 4.67. The Morgan fingerprint density at radius 2 is 2.00 bits per heavy atom. The van der Waals surface area contributed by atoms with Crippen LogP contribution < -0.4 is 0 Å². The molecule has 1 aromatic carbocycles. The van der Waals surface area contributed by atoms with Crippen molar-refractivity contribution in [3.63, 3.8) is 0 Å². The van der Waals surface area contributed by atoms with Gasteiger partial charge in [-0.2, -0.15) is 0 Å². The third-order valence-electron chi connectivity index (χ3n) is 6.06. The predicted molar refractivity (Wildman–Crippen MR) is 142 cm³/mol. The molecule has 0 amide bonds. The minimum absolute atomic E-state index is 0.0601. The van der Waals surface area contributed by atoms with Gasteiger partial charge in [-0.1, -0.05) is 39.8 Å². The second-order valence-corrected chi connectivity index (χ2v) is 11.9. The maximum absolute atomic E-state index is 12.8. The van der Waals surface area contributed by atoms with E-state index in [1.165, 1.54) is 17.3 Å². The molecule has 0 bridgehead atoms.